The molecule has 3 amide bonds. The summed E-state index contributed by atoms with van der Waals surface area (Å²) < 4.78 is 0. The first-order valence-electron chi connectivity index (χ1n) is 5.93. The number of carbonyl (C=O) groups is 2. The summed E-state index contributed by atoms with van der Waals surface area (Å²) in [4.78, 5) is 23.3. The molecule has 0 saturated heterocycles. The van der Waals surface area contributed by atoms with Gasteiger partial charge in [-0.25, -0.2) is 4.79 Å². The van der Waals surface area contributed by atoms with Crippen LogP contribution in [0, 0.1) is 5.41 Å². The molecule has 7 heteroatoms. The fraction of sp³-hybridized carbons (Fsp3) is 0.385. The zero-order chi connectivity index (χ0) is 15.5. The van der Waals surface area contributed by atoms with E-state index in [4.69, 9.17) is 28.9 Å². The summed E-state index contributed by atoms with van der Waals surface area (Å²) in [5.41, 5.74) is 5.19. The van der Waals surface area contributed by atoms with Gasteiger partial charge in [-0.2, -0.15) is 0 Å². The molecule has 0 unspecified atom stereocenters. The summed E-state index contributed by atoms with van der Waals surface area (Å²) >= 11 is 11.7. The lowest BCUT2D eigenvalue weighted by Gasteiger charge is -2.28. The van der Waals surface area contributed by atoms with Gasteiger partial charge in [0.2, 0.25) is 5.91 Å². The summed E-state index contributed by atoms with van der Waals surface area (Å²) in [6.07, 6.45) is 0. The Morgan fingerprint density at radius 2 is 1.85 bits per heavy atom. The second kappa shape index (κ2) is 6.33. The minimum atomic E-state index is -0.798. The van der Waals surface area contributed by atoms with Gasteiger partial charge in [0.05, 0.1) is 10.7 Å². The quantitative estimate of drug-likeness (QED) is 0.800. The van der Waals surface area contributed by atoms with Gasteiger partial charge in [-0.1, -0.05) is 44.0 Å². The summed E-state index contributed by atoms with van der Waals surface area (Å²) in [6, 6.07) is 3.31. The van der Waals surface area contributed by atoms with Crippen LogP contribution in [0.25, 0.3) is 0 Å². The van der Waals surface area contributed by atoms with E-state index in [9.17, 15) is 9.59 Å². The molecule has 0 spiro atoms. The fourth-order valence-corrected chi connectivity index (χ4v) is 2.05. The Morgan fingerprint density at radius 3 is 2.30 bits per heavy atom. The van der Waals surface area contributed by atoms with Crippen molar-refractivity contribution in [1.29, 1.82) is 0 Å². The van der Waals surface area contributed by atoms with Gasteiger partial charge in [-0.15, -0.1) is 0 Å². The van der Waals surface area contributed by atoms with Gasteiger partial charge < -0.3 is 16.4 Å². The third-order valence-corrected chi connectivity index (χ3v) is 3.15. The molecule has 4 N–H and O–H groups in total. The fourth-order valence-electron chi connectivity index (χ4n) is 1.59. The van der Waals surface area contributed by atoms with Gasteiger partial charge in [-0.3, -0.25) is 4.79 Å². The minimum Gasteiger partial charge on any atom is -0.368 e. The molecule has 0 aliphatic heterocycles. The van der Waals surface area contributed by atoms with E-state index in [-0.39, 0.29) is 0 Å². The molecule has 0 fully saturated rings. The zero-order valence-electron chi connectivity index (χ0n) is 11.5. The van der Waals surface area contributed by atoms with Crippen molar-refractivity contribution >= 4 is 40.8 Å². The van der Waals surface area contributed by atoms with Crippen LogP contribution in [0.3, 0.4) is 0 Å². The number of carbonyl (C=O) groups excluding carboxylic acids is 2. The molecule has 1 rings (SSSR count). The van der Waals surface area contributed by atoms with Crippen molar-refractivity contribution in [1.82, 2.24) is 5.32 Å². The van der Waals surface area contributed by atoms with Crippen molar-refractivity contribution < 1.29 is 9.59 Å². The maximum atomic E-state index is 11.9. The van der Waals surface area contributed by atoms with Gasteiger partial charge in [0.25, 0.3) is 0 Å². The number of primary amides is 1. The second-order valence-corrected chi connectivity index (χ2v) is 6.27. The number of benzene rings is 1. The molecule has 0 saturated carbocycles. The smallest absolute Gasteiger partial charge is 0.319 e. The molecule has 0 aliphatic rings. The molecular weight excluding hydrogens is 301 g/mol. The first-order chi connectivity index (χ1) is 9.11. The summed E-state index contributed by atoms with van der Waals surface area (Å²) in [6.45, 7) is 5.41. The molecule has 110 valence electrons. The highest BCUT2D eigenvalue weighted by molar-refractivity contribution is 6.36. The van der Waals surface area contributed by atoms with Gasteiger partial charge in [-0.05, 0) is 23.6 Å². The lowest BCUT2D eigenvalue weighted by Crippen LogP contribution is -2.53. The predicted octanol–water partition coefficient (Wildman–Crippen LogP) is 3.01. The molecule has 0 heterocycles. The maximum absolute atomic E-state index is 11.9. The van der Waals surface area contributed by atoms with Crippen molar-refractivity contribution in [2.24, 2.45) is 11.1 Å². The molecule has 0 bridgehead atoms. The number of rotatable bonds is 3. The molecule has 1 aromatic carbocycles. The van der Waals surface area contributed by atoms with Crippen LogP contribution in [0.5, 0.6) is 0 Å². The van der Waals surface area contributed by atoms with Gasteiger partial charge >= 0.3 is 6.03 Å². The average Bonchev–Trinajstić information content (AvgIpc) is 2.28. The van der Waals surface area contributed by atoms with Crippen molar-refractivity contribution in [2.45, 2.75) is 26.8 Å². The van der Waals surface area contributed by atoms with E-state index in [1.807, 2.05) is 0 Å². The Hall–Kier alpha value is -1.46. The van der Waals surface area contributed by atoms with Crippen LogP contribution in [-0.2, 0) is 4.79 Å². The van der Waals surface area contributed by atoms with E-state index in [2.05, 4.69) is 10.6 Å². The summed E-state index contributed by atoms with van der Waals surface area (Å²) in [5.74, 6) is -0.602. The molecule has 20 heavy (non-hydrogen) atoms. The third kappa shape index (κ3) is 4.58. The first-order valence-corrected chi connectivity index (χ1v) is 6.68. The molecule has 0 radical (unpaired) electrons. The van der Waals surface area contributed by atoms with Crippen LogP contribution in [0.15, 0.2) is 18.2 Å². The highest BCUT2D eigenvalue weighted by Gasteiger charge is 2.31. The summed E-state index contributed by atoms with van der Waals surface area (Å²) in [5, 5.41) is 5.85. The van der Waals surface area contributed by atoms with Gasteiger partial charge in [0.15, 0.2) is 0 Å². The highest BCUT2D eigenvalue weighted by atomic mass is 35.5. The van der Waals surface area contributed by atoms with E-state index in [0.717, 1.165) is 0 Å². The Morgan fingerprint density at radius 1 is 1.25 bits per heavy atom. The van der Waals surface area contributed by atoms with Crippen LogP contribution in [0.1, 0.15) is 20.8 Å². The molecule has 5 nitrogen and oxygen atoms in total. The van der Waals surface area contributed by atoms with E-state index < -0.39 is 23.4 Å². The van der Waals surface area contributed by atoms with Crippen molar-refractivity contribution in [3.63, 3.8) is 0 Å². The molecule has 1 atom stereocenters. The van der Waals surface area contributed by atoms with Crippen molar-refractivity contribution in [2.75, 3.05) is 5.32 Å². The second-order valence-electron chi connectivity index (χ2n) is 5.42. The predicted molar refractivity (Wildman–Crippen MR) is 81.1 cm³/mol. The van der Waals surface area contributed by atoms with Crippen LogP contribution < -0.4 is 16.4 Å². The molecular formula is C13H17Cl2N3O2. The Balaban J connectivity index is 2.79. The monoisotopic (exact) mass is 317 g/mol. The standard InChI is InChI=1S/C13H17Cl2N3O2/c1-13(2,3)10(11(16)19)18-12(20)17-9-5-4-7(14)6-8(9)15/h4-6,10H,1-3H3,(H2,16,19)(H2,17,18,20)/t10-/m1/s1. The Bertz CT molecular complexity index is 527. The van der Waals surface area contributed by atoms with Crippen LogP contribution in [-0.4, -0.2) is 18.0 Å². The van der Waals surface area contributed by atoms with E-state index >= 15 is 0 Å². The normalized spacial score (nSPS) is 12.7. The van der Waals surface area contributed by atoms with Crippen LogP contribution in [0.4, 0.5) is 10.5 Å². The molecule has 0 aliphatic carbocycles. The summed E-state index contributed by atoms with van der Waals surface area (Å²) in [7, 11) is 0. The maximum Gasteiger partial charge on any atom is 0.319 e. The topological polar surface area (TPSA) is 84.2 Å². The lowest BCUT2D eigenvalue weighted by molar-refractivity contribution is -0.122. The zero-order valence-corrected chi connectivity index (χ0v) is 13.0. The SMILES string of the molecule is CC(C)(C)[C@H](NC(=O)Nc1ccc(Cl)cc1Cl)C(N)=O. The van der Waals surface area contributed by atoms with Crippen molar-refractivity contribution in [3.05, 3.63) is 28.2 Å². The highest BCUT2D eigenvalue weighted by Crippen LogP contribution is 2.25. The Kier molecular flexibility index (Phi) is 5.25. The lowest BCUT2D eigenvalue weighted by atomic mass is 9.86. The van der Waals surface area contributed by atoms with Crippen molar-refractivity contribution in [3.8, 4) is 0 Å². The van der Waals surface area contributed by atoms with Crippen LogP contribution in [0.2, 0.25) is 10.0 Å². The van der Waals surface area contributed by atoms with Crippen LogP contribution >= 0.6 is 23.2 Å². The van der Waals surface area contributed by atoms with Gasteiger partial charge in [0.1, 0.15) is 6.04 Å². The van der Waals surface area contributed by atoms with Gasteiger partial charge in [0, 0.05) is 5.02 Å². The number of anilines is 1. The number of hydrogen-bond acceptors (Lipinski definition) is 2. The minimum absolute atomic E-state index is 0.305. The van der Waals surface area contributed by atoms with E-state index in [1.54, 1.807) is 32.9 Å². The average molecular weight is 318 g/mol. The van der Waals surface area contributed by atoms with E-state index in [0.29, 0.717) is 15.7 Å². The largest absolute Gasteiger partial charge is 0.368 e. The number of amides is 3. The van der Waals surface area contributed by atoms with E-state index in [1.165, 1.54) is 6.07 Å². The Labute approximate surface area is 127 Å². The first kappa shape index (κ1) is 16.6. The molecule has 0 aromatic heterocycles. The number of hydrogen-bond donors (Lipinski definition) is 3. The number of halogens is 2. The third-order valence-electron chi connectivity index (χ3n) is 2.61. The number of urea groups is 1. The molecule has 1 aromatic rings. The number of nitrogens with one attached hydrogen (secondary N) is 2. The number of nitrogens with two attached hydrogens (primary N) is 1.